The highest BCUT2D eigenvalue weighted by atomic mass is 19.4. The number of benzene rings is 1. The molecule has 0 spiro atoms. The molecule has 0 aliphatic heterocycles. The number of imide groups is 1. The van der Waals surface area contributed by atoms with Gasteiger partial charge in [0.2, 0.25) is 5.91 Å². The summed E-state index contributed by atoms with van der Waals surface area (Å²) in [4.78, 5) is 22.6. The molecule has 0 heterocycles. The van der Waals surface area contributed by atoms with Crippen molar-refractivity contribution < 1.29 is 22.8 Å². The van der Waals surface area contributed by atoms with Crippen molar-refractivity contribution >= 4 is 17.6 Å². The van der Waals surface area contributed by atoms with Crippen LogP contribution in [0.15, 0.2) is 24.3 Å². The van der Waals surface area contributed by atoms with Crippen LogP contribution in [-0.4, -0.2) is 25.0 Å². The summed E-state index contributed by atoms with van der Waals surface area (Å²) in [6.07, 6.45) is -3.72. The summed E-state index contributed by atoms with van der Waals surface area (Å²) in [6, 6.07) is 3.83. The van der Waals surface area contributed by atoms with E-state index in [1.807, 2.05) is 6.92 Å². The fraction of sp³-hybridized carbons (Fsp3) is 0.385. The topological polar surface area (TPSA) is 70.2 Å². The van der Waals surface area contributed by atoms with Gasteiger partial charge in [-0.25, -0.2) is 4.79 Å². The van der Waals surface area contributed by atoms with Crippen LogP contribution < -0.4 is 16.0 Å². The first kappa shape index (κ1) is 16.8. The molecule has 5 nitrogen and oxygen atoms in total. The average Bonchev–Trinajstić information content (AvgIpc) is 2.42. The van der Waals surface area contributed by atoms with Crippen molar-refractivity contribution in [2.45, 2.75) is 19.5 Å². The summed E-state index contributed by atoms with van der Waals surface area (Å²) in [5.41, 5.74) is -0.664. The Morgan fingerprint density at radius 1 is 1.24 bits per heavy atom. The van der Waals surface area contributed by atoms with Crippen molar-refractivity contribution in [2.24, 2.45) is 0 Å². The van der Waals surface area contributed by atoms with Gasteiger partial charge < -0.3 is 10.6 Å². The third-order valence-electron chi connectivity index (χ3n) is 2.43. The first-order chi connectivity index (χ1) is 9.82. The van der Waals surface area contributed by atoms with Gasteiger partial charge in [0.25, 0.3) is 0 Å². The van der Waals surface area contributed by atoms with Crippen LogP contribution in [0.5, 0.6) is 0 Å². The number of rotatable bonds is 5. The molecule has 0 saturated carbocycles. The van der Waals surface area contributed by atoms with Crippen molar-refractivity contribution in [1.82, 2.24) is 10.6 Å². The number of halogens is 3. The van der Waals surface area contributed by atoms with Crippen LogP contribution in [0, 0.1) is 0 Å². The van der Waals surface area contributed by atoms with Gasteiger partial charge in [-0.15, -0.1) is 0 Å². The number of nitrogens with one attached hydrogen (secondary N) is 3. The smallest absolute Gasteiger partial charge is 0.376 e. The zero-order valence-electron chi connectivity index (χ0n) is 11.4. The fourth-order valence-corrected chi connectivity index (χ4v) is 1.44. The molecule has 0 unspecified atom stereocenters. The molecule has 116 valence electrons. The Morgan fingerprint density at radius 3 is 2.57 bits per heavy atom. The zero-order chi connectivity index (χ0) is 15.9. The Balaban J connectivity index is 2.48. The highest BCUT2D eigenvalue weighted by Gasteiger charge is 2.30. The number of hydrogen-bond donors (Lipinski definition) is 3. The fourth-order valence-electron chi connectivity index (χ4n) is 1.44. The maximum absolute atomic E-state index is 12.5. The van der Waals surface area contributed by atoms with Crippen molar-refractivity contribution in [2.75, 3.05) is 18.4 Å². The van der Waals surface area contributed by atoms with Crippen molar-refractivity contribution in [3.8, 4) is 0 Å². The van der Waals surface area contributed by atoms with Crippen molar-refractivity contribution in [1.29, 1.82) is 0 Å². The van der Waals surface area contributed by atoms with Crippen LogP contribution in [0.4, 0.5) is 23.7 Å². The van der Waals surface area contributed by atoms with Crippen LogP contribution in [0.1, 0.15) is 18.9 Å². The Hall–Kier alpha value is -2.25. The van der Waals surface area contributed by atoms with Gasteiger partial charge in [0.1, 0.15) is 0 Å². The van der Waals surface area contributed by atoms with E-state index in [1.165, 1.54) is 12.1 Å². The lowest BCUT2D eigenvalue weighted by Crippen LogP contribution is -2.42. The lowest BCUT2D eigenvalue weighted by Gasteiger charge is -2.10. The van der Waals surface area contributed by atoms with E-state index in [0.29, 0.717) is 6.54 Å². The van der Waals surface area contributed by atoms with E-state index in [1.54, 1.807) is 0 Å². The zero-order valence-corrected chi connectivity index (χ0v) is 11.4. The van der Waals surface area contributed by atoms with E-state index in [4.69, 9.17) is 0 Å². The van der Waals surface area contributed by atoms with E-state index >= 15 is 0 Å². The second-order valence-corrected chi connectivity index (χ2v) is 4.24. The summed E-state index contributed by atoms with van der Waals surface area (Å²) >= 11 is 0. The van der Waals surface area contributed by atoms with Crippen LogP contribution in [0.3, 0.4) is 0 Å². The van der Waals surface area contributed by atoms with Crippen molar-refractivity contribution in [3.05, 3.63) is 29.8 Å². The van der Waals surface area contributed by atoms with Gasteiger partial charge in [-0.3, -0.25) is 10.1 Å². The highest BCUT2D eigenvalue weighted by molar-refractivity contribution is 5.96. The lowest BCUT2D eigenvalue weighted by atomic mass is 10.2. The Labute approximate surface area is 119 Å². The number of amides is 3. The van der Waals surface area contributed by atoms with Gasteiger partial charge in [-0.2, -0.15) is 13.2 Å². The molecule has 0 saturated heterocycles. The lowest BCUT2D eigenvalue weighted by molar-refractivity contribution is -0.137. The quantitative estimate of drug-likeness (QED) is 0.782. The average molecular weight is 303 g/mol. The predicted octanol–water partition coefficient (Wildman–Crippen LogP) is 2.35. The van der Waals surface area contributed by atoms with Crippen molar-refractivity contribution in [3.63, 3.8) is 0 Å². The molecule has 0 bridgehead atoms. The van der Waals surface area contributed by atoms with E-state index in [-0.39, 0.29) is 12.2 Å². The van der Waals surface area contributed by atoms with Crippen LogP contribution in [0.25, 0.3) is 0 Å². The summed E-state index contributed by atoms with van der Waals surface area (Å²) in [6.45, 7) is 1.98. The van der Waals surface area contributed by atoms with E-state index < -0.39 is 23.7 Å². The molecule has 3 N–H and O–H groups in total. The van der Waals surface area contributed by atoms with Gasteiger partial charge in [0, 0.05) is 12.2 Å². The third-order valence-corrected chi connectivity index (χ3v) is 2.43. The number of anilines is 1. The van der Waals surface area contributed by atoms with Gasteiger partial charge in [-0.05, 0) is 24.6 Å². The summed E-state index contributed by atoms with van der Waals surface area (Å²) in [5, 5.41) is 7.03. The maximum atomic E-state index is 12.5. The molecule has 8 heteroatoms. The number of hydrogen-bond acceptors (Lipinski definition) is 3. The van der Waals surface area contributed by atoms with Crippen LogP contribution in [-0.2, 0) is 11.0 Å². The minimum Gasteiger partial charge on any atom is -0.376 e. The molecule has 0 aliphatic rings. The van der Waals surface area contributed by atoms with E-state index in [9.17, 15) is 22.8 Å². The van der Waals surface area contributed by atoms with E-state index in [0.717, 1.165) is 18.6 Å². The molecule has 0 radical (unpaired) electrons. The molecule has 0 aliphatic carbocycles. The molecule has 1 rings (SSSR count). The third kappa shape index (κ3) is 6.15. The molecular formula is C13H16F3N3O2. The normalized spacial score (nSPS) is 10.9. The van der Waals surface area contributed by atoms with Crippen LogP contribution >= 0.6 is 0 Å². The Kier molecular flexibility index (Phi) is 6.01. The first-order valence-electron chi connectivity index (χ1n) is 6.31. The number of carbonyl (C=O) groups excluding carboxylic acids is 2. The van der Waals surface area contributed by atoms with Gasteiger partial charge in [0.15, 0.2) is 0 Å². The van der Waals surface area contributed by atoms with Gasteiger partial charge >= 0.3 is 12.2 Å². The second kappa shape index (κ2) is 7.51. The second-order valence-electron chi connectivity index (χ2n) is 4.24. The number of alkyl halides is 3. The van der Waals surface area contributed by atoms with Crippen LogP contribution in [0.2, 0.25) is 0 Å². The minimum atomic E-state index is -4.44. The van der Waals surface area contributed by atoms with Gasteiger partial charge in [-0.1, -0.05) is 13.0 Å². The number of urea groups is 1. The largest absolute Gasteiger partial charge is 0.416 e. The molecular weight excluding hydrogens is 287 g/mol. The Bertz CT molecular complexity index is 504. The molecule has 0 fully saturated rings. The molecule has 3 amide bonds. The molecule has 1 aromatic rings. The van der Waals surface area contributed by atoms with E-state index in [2.05, 4.69) is 16.0 Å². The van der Waals surface area contributed by atoms with Gasteiger partial charge in [0.05, 0.1) is 12.1 Å². The summed E-state index contributed by atoms with van der Waals surface area (Å²) < 4.78 is 37.5. The maximum Gasteiger partial charge on any atom is 0.416 e. The minimum absolute atomic E-state index is 0.147. The Morgan fingerprint density at radius 2 is 1.95 bits per heavy atom. The monoisotopic (exact) mass is 303 g/mol. The molecule has 0 aromatic heterocycles. The molecule has 1 aromatic carbocycles. The standard InChI is InChI=1S/C13H16F3N3O2/c1-2-6-17-12(21)19-11(20)8-18-10-5-3-4-9(7-10)13(14,15)16/h3-5,7,18H,2,6,8H2,1H3,(H2,17,19,20,21). The molecule has 21 heavy (non-hydrogen) atoms. The first-order valence-corrected chi connectivity index (χ1v) is 6.31. The highest BCUT2D eigenvalue weighted by Crippen LogP contribution is 2.30. The molecule has 0 atom stereocenters. The number of carbonyl (C=O) groups is 2. The predicted molar refractivity (Wildman–Crippen MR) is 71.8 cm³/mol. The summed E-state index contributed by atoms with van der Waals surface area (Å²) in [7, 11) is 0. The SMILES string of the molecule is CCCNC(=O)NC(=O)CNc1cccc(C(F)(F)F)c1. The summed E-state index contributed by atoms with van der Waals surface area (Å²) in [5.74, 6) is -0.638.